The number of aryl methyl sites for hydroxylation is 2. The molecule has 4 rings (SSSR count). The maximum absolute atomic E-state index is 10.7. The van der Waals surface area contributed by atoms with Crippen molar-refractivity contribution in [3.05, 3.63) is 47.5 Å². The third-order valence-electron chi connectivity index (χ3n) is 7.00. The molecule has 10 atom stereocenters. The van der Waals surface area contributed by atoms with Gasteiger partial charge in [0.2, 0.25) is 6.29 Å². The van der Waals surface area contributed by atoms with Crippen molar-refractivity contribution in [2.45, 2.75) is 74.3 Å². The Morgan fingerprint density at radius 1 is 0.625 bits per heavy atom. The molecule has 0 aromatic heterocycles. The fourth-order valence-corrected chi connectivity index (χ4v) is 4.65. The van der Waals surface area contributed by atoms with E-state index in [1.165, 1.54) is 24.3 Å². The minimum absolute atomic E-state index is 0.0648. The Bertz CT molecular complexity index is 1130. The highest BCUT2D eigenvalue weighted by atomic mass is 16.7. The molecule has 14 heteroatoms. The average molecular weight is 571 g/mol. The maximum atomic E-state index is 10.7. The van der Waals surface area contributed by atoms with Crippen molar-refractivity contribution in [1.29, 1.82) is 0 Å². The van der Waals surface area contributed by atoms with Crippen LogP contribution < -0.4 is 4.74 Å². The van der Waals surface area contributed by atoms with Crippen LogP contribution in [0.25, 0.3) is 0 Å². The van der Waals surface area contributed by atoms with Gasteiger partial charge in [-0.05, 0) is 36.1 Å². The van der Waals surface area contributed by atoms with Gasteiger partial charge in [0, 0.05) is 12.1 Å². The summed E-state index contributed by atoms with van der Waals surface area (Å²) in [5.41, 5.74) is 1.09. The molecule has 2 aliphatic rings. The molecule has 0 unspecified atom stereocenters. The molecule has 0 bridgehead atoms. The van der Waals surface area contributed by atoms with Gasteiger partial charge in [0.05, 0.1) is 13.2 Å². The first-order chi connectivity index (χ1) is 19.0. The van der Waals surface area contributed by atoms with Gasteiger partial charge in [-0.15, -0.1) is 0 Å². The summed E-state index contributed by atoms with van der Waals surface area (Å²) < 4.78 is 22.0. The minimum atomic E-state index is -1.78. The van der Waals surface area contributed by atoms with E-state index < -0.39 is 74.6 Å². The number of hydrogen-bond donors (Lipinski definition) is 10. The lowest BCUT2D eigenvalue weighted by atomic mass is 9.97. The van der Waals surface area contributed by atoms with E-state index in [2.05, 4.69) is 0 Å². The number of benzene rings is 2. The number of aliphatic hydroxyl groups is 7. The quantitative estimate of drug-likeness (QED) is 0.151. The van der Waals surface area contributed by atoms with Crippen molar-refractivity contribution < 1.29 is 70.0 Å². The summed E-state index contributed by atoms with van der Waals surface area (Å²) in [7, 11) is 0. The molecule has 2 fully saturated rings. The Hall–Kier alpha value is -2.76. The Morgan fingerprint density at radius 2 is 1.20 bits per heavy atom. The fraction of sp³-hybridized carbons (Fsp3) is 0.538. The zero-order chi connectivity index (χ0) is 29.1. The van der Waals surface area contributed by atoms with E-state index >= 15 is 0 Å². The molecule has 0 aliphatic carbocycles. The monoisotopic (exact) mass is 570 g/mol. The molecule has 2 aromatic rings. The van der Waals surface area contributed by atoms with Gasteiger partial charge in [0.25, 0.3) is 0 Å². The summed E-state index contributed by atoms with van der Waals surface area (Å²) in [6, 6.07) is 8.53. The van der Waals surface area contributed by atoms with E-state index in [0.29, 0.717) is 24.0 Å². The summed E-state index contributed by atoms with van der Waals surface area (Å²) in [6.45, 7) is -1.43. The number of phenols is 3. The first-order valence-electron chi connectivity index (χ1n) is 12.6. The smallest absolute Gasteiger partial charge is 0.229 e. The molecule has 0 spiro atoms. The van der Waals surface area contributed by atoms with Gasteiger partial charge in [0.1, 0.15) is 71.8 Å². The number of aromatic hydroxyl groups is 3. The first kappa shape index (κ1) is 30.2. The summed E-state index contributed by atoms with van der Waals surface area (Å²) in [5.74, 6) is -0.231. The Labute approximate surface area is 228 Å². The van der Waals surface area contributed by atoms with E-state index in [1.807, 2.05) is 0 Å². The molecule has 10 N–H and O–H groups in total. The van der Waals surface area contributed by atoms with E-state index in [4.69, 9.17) is 18.9 Å². The Kier molecular flexibility index (Phi) is 9.68. The Morgan fingerprint density at radius 3 is 1.80 bits per heavy atom. The number of hydrogen-bond acceptors (Lipinski definition) is 14. The van der Waals surface area contributed by atoms with Crippen molar-refractivity contribution in [3.8, 4) is 23.0 Å². The van der Waals surface area contributed by atoms with Crippen molar-refractivity contribution in [1.82, 2.24) is 0 Å². The summed E-state index contributed by atoms with van der Waals surface area (Å²) in [4.78, 5) is 0. The second-order valence-corrected chi connectivity index (χ2v) is 9.73. The largest absolute Gasteiger partial charge is 0.508 e. The highest BCUT2D eigenvalue weighted by Crippen LogP contribution is 2.32. The van der Waals surface area contributed by atoms with Crippen LogP contribution in [0.2, 0.25) is 0 Å². The number of phenolic OH excluding ortho intramolecular Hbond substituents is 3. The van der Waals surface area contributed by atoms with E-state index in [-0.39, 0.29) is 23.0 Å². The molecule has 2 heterocycles. The summed E-state index contributed by atoms with van der Waals surface area (Å²) >= 11 is 0. The average Bonchev–Trinajstić information content (AvgIpc) is 2.93. The number of ether oxygens (including phenoxy) is 4. The van der Waals surface area contributed by atoms with Gasteiger partial charge >= 0.3 is 0 Å². The van der Waals surface area contributed by atoms with Crippen molar-refractivity contribution in [2.75, 3.05) is 13.2 Å². The third-order valence-corrected chi connectivity index (χ3v) is 7.00. The maximum Gasteiger partial charge on any atom is 0.229 e. The van der Waals surface area contributed by atoms with Crippen molar-refractivity contribution in [2.24, 2.45) is 0 Å². The van der Waals surface area contributed by atoms with Gasteiger partial charge in [-0.25, -0.2) is 0 Å². The van der Waals surface area contributed by atoms with Crippen LogP contribution in [-0.2, 0) is 27.1 Å². The highest BCUT2D eigenvalue weighted by Gasteiger charge is 2.51. The van der Waals surface area contributed by atoms with Crippen LogP contribution in [0.3, 0.4) is 0 Å². The lowest BCUT2D eigenvalue weighted by Gasteiger charge is -2.45. The lowest BCUT2D eigenvalue weighted by Crippen LogP contribution is -2.65. The molecular weight excluding hydrogens is 536 g/mol. The molecule has 2 aromatic carbocycles. The molecule has 2 aliphatic heterocycles. The van der Waals surface area contributed by atoms with Crippen LogP contribution in [0.1, 0.15) is 11.1 Å². The molecule has 40 heavy (non-hydrogen) atoms. The number of rotatable bonds is 9. The molecule has 0 amide bonds. The standard InChI is InChI=1S/C26H34O14/c27-9-17-19(32)20(33)22(35)26(38-17)40-24-18(10-28)39-25(23(36)21(24)34)37-14-6-4-12(16(31)8-14)2-1-11-3-5-13(29)7-15(11)30/h3-8,17-36H,1-2,9-10H2/t17-,18-,19-,20+,21-,22-,23-,24-,25-,26-/m1/s1. The van der Waals surface area contributed by atoms with Crippen molar-refractivity contribution >= 4 is 0 Å². The summed E-state index contributed by atoms with van der Waals surface area (Å²) in [6.07, 6.45) is -15.1. The SMILES string of the molecule is OC[C@H]1O[C@H](O[C@H]2[C@H](O)[C@@H](O)[C@H](Oc3ccc(CCc4ccc(O)cc4O)c(O)c3)O[C@@H]2CO)[C@H](O)[C@@H](O)[C@@H]1O. The van der Waals surface area contributed by atoms with Gasteiger partial charge in [-0.2, -0.15) is 0 Å². The van der Waals surface area contributed by atoms with Crippen LogP contribution in [0, 0.1) is 0 Å². The van der Waals surface area contributed by atoms with Crippen LogP contribution >= 0.6 is 0 Å². The fourth-order valence-electron chi connectivity index (χ4n) is 4.65. The summed E-state index contributed by atoms with van der Waals surface area (Å²) in [5, 5.41) is 101. The van der Waals surface area contributed by atoms with E-state index in [0.717, 1.165) is 0 Å². The molecule has 2 saturated heterocycles. The zero-order valence-corrected chi connectivity index (χ0v) is 21.2. The molecule has 14 nitrogen and oxygen atoms in total. The van der Waals surface area contributed by atoms with Crippen LogP contribution in [0.5, 0.6) is 23.0 Å². The molecular formula is C26H34O14. The second-order valence-electron chi connectivity index (χ2n) is 9.73. The zero-order valence-electron chi connectivity index (χ0n) is 21.2. The van der Waals surface area contributed by atoms with Gasteiger partial charge in [0.15, 0.2) is 6.29 Å². The lowest BCUT2D eigenvalue weighted by molar-refractivity contribution is -0.352. The van der Waals surface area contributed by atoms with E-state index in [9.17, 15) is 51.1 Å². The normalized spacial score (nSPS) is 34.5. The van der Waals surface area contributed by atoms with Crippen molar-refractivity contribution in [3.63, 3.8) is 0 Å². The predicted molar refractivity (Wildman–Crippen MR) is 132 cm³/mol. The molecule has 222 valence electrons. The van der Waals surface area contributed by atoms with Gasteiger partial charge < -0.3 is 70.0 Å². The predicted octanol–water partition coefficient (Wildman–Crippen LogP) is -2.41. The number of aliphatic hydroxyl groups excluding tert-OH is 7. The molecule has 0 radical (unpaired) electrons. The highest BCUT2D eigenvalue weighted by molar-refractivity contribution is 5.42. The third kappa shape index (κ3) is 6.42. The second kappa shape index (κ2) is 12.8. The minimum Gasteiger partial charge on any atom is -0.508 e. The van der Waals surface area contributed by atoms with Crippen LogP contribution in [-0.4, -0.2) is 126 Å². The van der Waals surface area contributed by atoms with E-state index in [1.54, 1.807) is 12.1 Å². The van der Waals surface area contributed by atoms with Gasteiger partial charge in [-0.3, -0.25) is 0 Å². The first-order valence-corrected chi connectivity index (χ1v) is 12.6. The van der Waals surface area contributed by atoms with Crippen LogP contribution in [0.4, 0.5) is 0 Å². The van der Waals surface area contributed by atoms with Gasteiger partial charge in [-0.1, -0.05) is 12.1 Å². The Balaban J connectivity index is 1.40. The topological polar surface area (TPSA) is 239 Å². The molecule has 0 saturated carbocycles. The van der Waals surface area contributed by atoms with Crippen LogP contribution in [0.15, 0.2) is 36.4 Å².